The lowest BCUT2D eigenvalue weighted by atomic mass is 10.2. The zero-order valence-corrected chi connectivity index (χ0v) is 12.5. The summed E-state index contributed by atoms with van der Waals surface area (Å²) in [5.41, 5.74) is 0.398. The van der Waals surface area contributed by atoms with E-state index >= 15 is 0 Å². The SMILES string of the molecule is CCOc1ccccc1C(=O)NCC(=O)Nc1ccn(C)n1. The Morgan fingerprint density at radius 3 is 2.73 bits per heavy atom. The van der Waals surface area contributed by atoms with Gasteiger partial charge in [0.15, 0.2) is 5.82 Å². The molecule has 0 aliphatic rings. The Balaban J connectivity index is 1.91. The molecule has 1 heterocycles. The van der Waals surface area contributed by atoms with Crippen molar-refractivity contribution in [2.75, 3.05) is 18.5 Å². The van der Waals surface area contributed by atoms with E-state index in [-0.39, 0.29) is 18.4 Å². The van der Waals surface area contributed by atoms with Crippen LogP contribution in [-0.4, -0.2) is 34.7 Å². The van der Waals surface area contributed by atoms with Gasteiger partial charge >= 0.3 is 0 Å². The van der Waals surface area contributed by atoms with Crippen molar-refractivity contribution in [1.82, 2.24) is 15.1 Å². The number of carbonyl (C=O) groups is 2. The first kappa shape index (κ1) is 15.6. The number of aromatic nitrogens is 2. The molecule has 0 saturated carbocycles. The van der Waals surface area contributed by atoms with E-state index in [1.807, 2.05) is 6.92 Å². The van der Waals surface area contributed by atoms with Crippen LogP contribution in [0.1, 0.15) is 17.3 Å². The first-order valence-corrected chi connectivity index (χ1v) is 6.89. The van der Waals surface area contributed by atoms with Gasteiger partial charge in [0.25, 0.3) is 5.91 Å². The minimum absolute atomic E-state index is 0.143. The molecular formula is C15H18N4O3. The summed E-state index contributed by atoms with van der Waals surface area (Å²) in [6, 6.07) is 8.56. The van der Waals surface area contributed by atoms with Crippen LogP contribution in [0.15, 0.2) is 36.5 Å². The molecule has 0 fully saturated rings. The number of hydrogen-bond acceptors (Lipinski definition) is 4. The van der Waals surface area contributed by atoms with Gasteiger partial charge in [0.05, 0.1) is 18.7 Å². The average molecular weight is 302 g/mol. The van der Waals surface area contributed by atoms with Crippen molar-refractivity contribution in [3.63, 3.8) is 0 Å². The molecule has 2 aromatic rings. The van der Waals surface area contributed by atoms with E-state index in [4.69, 9.17) is 4.74 Å². The molecule has 0 atom stereocenters. The lowest BCUT2D eigenvalue weighted by Gasteiger charge is -2.10. The van der Waals surface area contributed by atoms with Crippen molar-refractivity contribution in [1.29, 1.82) is 0 Å². The number of rotatable bonds is 6. The lowest BCUT2D eigenvalue weighted by Crippen LogP contribution is -2.33. The number of aryl methyl sites for hydroxylation is 1. The summed E-state index contributed by atoms with van der Waals surface area (Å²) in [4.78, 5) is 23.9. The third kappa shape index (κ3) is 4.08. The molecule has 7 heteroatoms. The quantitative estimate of drug-likeness (QED) is 0.839. The average Bonchev–Trinajstić information content (AvgIpc) is 2.91. The van der Waals surface area contributed by atoms with Crippen molar-refractivity contribution < 1.29 is 14.3 Å². The summed E-state index contributed by atoms with van der Waals surface area (Å²) in [7, 11) is 1.75. The minimum Gasteiger partial charge on any atom is -0.493 e. The van der Waals surface area contributed by atoms with Crippen LogP contribution in [0.2, 0.25) is 0 Å². The lowest BCUT2D eigenvalue weighted by molar-refractivity contribution is -0.115. The van der Waals surface area contributed by atoms with Crippen LogP contribution < -0.4 is 15.4 Å². The first-order chi connectivity index (χ1) is 10.6. The molecule has 7 nitrogen and oxygen atoms in total. The highest BCUT2D eigenvalue weighted by molar-refractivity contribution is 6.00. The molecule has 22 heavy (non-hydrogen) atoms. The maximum Gasteiger partial charge on any atom is 0.255 e. The van der Waals surface area contributed by atoms with Gasteiger partial charge in [-0.25, -0.2) is 0 Å². The number of para-hydroxylation sites is 1. The number of nitrogens with zero attached hydrogens (tertiary/aromatic N) is 2. The fourth-order valence-electron chi connectivity index (χ4n) is 1.86. The molecule has 1 aromatic heterocycles. The monoisotopic (exact) mass is 302 g/mol. The van der Waals surface area contributed by atoms with Crippen LogP contribution in [0.5, 0.6) is 5.75 Å². The van der Waals surface area contributed by atoms with E-state index in [0.29, 0.717) is 23.7 Å². The summed E-state index contributed by atoms with van der Waals surface area (Å²) in [5.74, 6) is 0.227. The second-order valence-electron chi connectivity index (χ2n) is 4.53. The van der Waals surface area contributed by atoms with E-state index in [1.165, 1.54) is 0 Å². The summed E-state index contributed by atoms with van der Waals surface area (Å²) >= 11 is 0. The number of benzene rings is 1. The zero-order chi connectivity index (χ0) is 15.9. The maximum atomic E-state index is 12.1. The summed E-state index contributed by atoms with van der Waals surface area (Å²) in [6.45, 7) is 2.16. The Labute approximate surface area is 128 Å². The van der Waals surface area contributed by atoms with Crippen molar-refractivity contribution in [3.05, 3.63) is 42.1 Å². The predicted octanol–water partition coefficient (Wildman–Crippen LogP) is 1.19. The van der Waals surface area contributed by atoms with E-state index < -0.39 is 0 Å². The van der Waals surface area contributed by atoms with E-state index in [9.17, 15) is 9.59 Å². The largest absolute Gasteiger partial charge is 0.493 e. The van der Waals surface area contributed by atoms with Gasteiger partial charge in [-0.1, -0.05) is 12.1 Å². The molecule has 2 amide bonds. The summed E-state index contributed by atoms with van der Waals surface area (Å²) in [6.07, 6.45) is 1.71. The summed E-state index contributed by atoms with van der Waals surface area (Å²) < 4.78 is 6.97. The Hall–Kier alpha value is -2.83. The normalized spacial score (nSPS) is 10.1. The van der Waals surface area contributed by atoms with Gasteiger partial charge in [-0.2, -0.15) is 5.10 Å². The zero-order valence-electron chi connectivity index (χ0n) is 12.5. The highest BCUT2D eigenvalue weighted by Gasteiger charge is 2.13. The van der Waals surface area contributed by atoms with Gasteiger partial charge in [0, 0.05) is 19.3 Å². The molecule has 116 valence electrons. The molecular weight excluding hydrogens is 284 g/mol. The van der Waals surface area contributed by atoms with Crippen LogP contribution in [-0.2, 0) is 11.8 Å². The van der Waals surface area contributed by atoms with Crippen molar-refractivity contribution in [2.24, 2.45) is 7.05 Å². The van der Waals surface area contributed by atoms with Gasteiger partial charge in [0.1, 0.15) is 5.75 Å². The fraction of sp³-hybridized carbons (Fsp3) is 0.267. The molecule has 0 aliphatic carbocycles. The van der Waals surface area contributed by atoms with Gasteiger partial charge in [-0.05, 0) is 19.1 Å². The van der Waals surface area contributed by atoms with Crippen LogP contribution in [0, 0.1) is 0 Å². The summed E-state index contributed by atoms with van der Waals surface area (Å²) in [5, 5.41) is 9.18. The van der Waals surface area contributed by atoms with Crippen LogP contribution in [0.3, 0.4) is 0 Å². The predicted molar refractivity (Wildman–Crippen MR) is 81.8 cm³/mol. The highest BCUT2D eigenvalue weighted by Crippen LogP contribution is 2.17. The second kappa shape index (κ2) is 7.26. The number of hydrogen-bond donors (Lipinski definition) is 2. The number of anilines is 1. The number of nitrogens with one attached hydrogen (secondary N) is 2. The molecule has 0 bridgehead atoms. The molecule has 2 rings (SSSR count). The first-order valence-electron chi connectivity index (χ1n) is 6.89. The fourth-order valence-corrected chi connectivity index (χ4v) is 1.86. The van der Waals surface area contributed by atoms with E-state index in [2.05, 4.69) is 15.7 Å². The molecule has 2 N–H and O–H groups in total. The Morgan fingerprint density at radius 1 is 1.27 bits per heavy atom. The van der Waals surface area contributed by atoms with E-state index in [0.717, 1.165) is 0 Å². The molecule has 0 radical (unpaired) electrons. The van der Waals surface area contributed by atoms with Crippen LogP contribution in [0.25, 0.3) is 0 Å². The van der Waals surface area contributed by atoms with Gasteiger partial charge in [-0.15, -0.1) is 0 Å². The molecule has 0 saturated heterocycles. The molecule has 0 aliphatic heterocycles. The third-order valence-corrected chi connectivity index (χ3v) is 2.82. The van der Waals surface area contributed by atoms with Crippen molar-refractivity contribution in [2.45, 2.75) is 6.92 Å². The molecule has 0 unspecified atom stereocenters. The molecule has 0 spiro atoms. The number of carbonyl (C=O) groups excluding carboxylic acids is 2. The van der Waals surface area contributed by atoms with Crippen molar-refractivity contribution >= 4 is 17.6 Å². The van der Waals surface area contributed by atoms with Crippen molar-refractivity contribution in [3.8, 4) is 5.75 Å². The van der Waals surface area contributed by atoms with Gasteiger partial charge in [-0.3, -0.25) is 14.3 Å². The smallest absolute Gasteiger partial charge is 0.255 e. The number of ether oxygens (including phenoxy) is 1. The van der Waals surface area contributed by atoms with Gasteiger partial charge in [0.2, 0.25) is 5.91 Å². The standard InChI is InChI=1S/C15H18N4O3/c1-3-22-12-7-5-4-6-11(12)15(21)16-10-14(20)17-13-8-9-19(2)18-13/h4-9H,3,10H2,1-2H3,(H,16,21)(H,17,18,20). The Morgan fingerprint density at radius 2 is 2.05 bits per heavy atom. The van der Waals surface area contributed by atoms with E-state index in [1.54, 1.807) is 48.3 Å². The Bertz CT molecular complexity index is 666. The van der Waals surface area contributed by atoms with Crippen LogP contribution in [0.4, 0.5) is 5.82 Å². The maximum absolute atomic E-state index is 12.1. The topological polar surface area (TPSA) is 85.2 Å². The molecule has 1 aromatic carbocycles. The van der Waals surface area contributed by atoms with Gasteiger partial charge < -0.3 is 15.4 Å². The third-order valence-electron chi connectivity index (χ3n) is 2.82. The van der Waals surface area contributed by atoms with Crippen LogP contribution >= 0.6 is 0 Å². The minimum atomic E-state index is -0.361. The Kier molecular flexibility index (Phi) is 5.13. The highest BCUT2D eigenvalue weighted by atomic mass is 16.5. The second-order valence-corrected chi connectivity index (χ2v) is 4.53. The number of amides is 2.